The second-order valence-electron chi connectivity index (χ2n) is 7.00. The molecule has 1 aliphatic heterocycles. The Bertz CT molecular complexity index is 914. The van der Waals surface area contributed by atoms with Gasteiger partial charge in [-0.25, -0.2) is 4.79 Å². The fraction of sp³-hybridized carbons (Fsp3) is 0.364. The van der Waals surface area contributed by atoms with Crippen molar-refractivity contribution >= 4 is 23.6 Å². The number of hydrogen-bond donors (Lipinski definition) is 2. The quantitative estimate of drug-likeness (QED) is 0.748. The number of nitrogens with one attached hydrogen (secondary N) is 1. The van der Waals surface area contributed by atoms with E-state index in [0.29, 0.717) is 22.6 Å². The molecule has 1 saturated heterocycles. The number of carboxylic acids is 1. The van der Waals surface area contributed by atoms with Gasteiger partial charge in [-0.1, -0.05) is 6.07 Å². The number of carbonyl (C=O) groups is 2. The Hall–Kier alpha value is -2.67. The van der Waals surface area contributed by atoms with Crippen molar-refractivity contribution < 1.29 is 24.2 Å². The highest BCUT2D eigenvalue weighted by Crippen LogP contribution is 2.36. The molecule has 3 rings (SSSR count). The molecule has 0 saturated carbocycles. The zero-order valence-electron chi connectivity index (χ0n) is 16.7. The molecule has 1 heterocycles. The van der Waals surface area contributed by atoms with Gasteiger partial charge in [0, 0.05) is 23.3 Å². The molecule has 2 aromatic carbocycles. The van der Waals surface area contributed by atoms with Crippen LogP contribution in [0.15, 0.2) is 36.4 Å². The molecule has 0 spiro atoms. The summed E-state index contributed by atoms with van der Waals surface area (Å²) in [5, 5.41) is 12.3. The third-order valence-electron chi connectivity index (χ3n) is 5.23. The van der Waals surface area contributed by atoms with Crippen LogP contribution in [-0.4, -0.2) is 48.8 Å². The SMILES string of the molecule is COc1ccc([C@H]2CSCC[C@H]2NC(=O)c2ccc(C(=O)O)c(C)c2)cc1OC. The number of carbonyl (C=O) groups excluding carboxylic acids is 1. The van der Waals surface area contributed by atoms with Crippen LogP contribution in [0.4, 0.5) is 0 Å². The summed E-state index contributed by atoms with van der Waals surface area (Å²) in [5.41, 5.74) is 2.34. The topological polar surface area (TPSA) is 84.9 Å². The largest absolute Gasteiger partial charge is 0.493 e. The number of ether oxygens (including phenoxy) is 2. The molecule has 0 aromatic heterocycles. The van der Waals surface area contributed by atoms with Gasteiger partial charge in [0.05, 0.1) is 19.8 Å². The number of benzene rings is 2. The first-order chi connectivity index (χ1) is 13.9. The average Bonchev–Trinajstić information content (AvgIpc) is 2.73. The molecule has 1 amide bonds. The van der Waals surface area contributed by atoms with Gasteiger partial charge in [-0.2, -0.15) is 11.8 Å². The highest BCUT2D eigenvalue weighted by Gasteiger charge is 2.29. The van der Waals surface area contributed by atoms with E-state index in [0.717, 1.165) is 23.5 Å². The highest BCUT2D eigenvalue weighted by molar-refractivity contribution is 7.99. The van der Waals surface area contributed by atoms with Gasteiger partial charge in [0.25, 0.3) is 5.91 Å². The molecule has 0 aliphatic carbocycles. The maximum Gasteiger partial charge on any atom is 0.335 e. The van der Waals surface area contributed by atoms with E-state index in [4.69, 9.17) is 9.47 Å². The Labute approximate surface area is 174 Å². The predicted octanol–water partition coefficient (Wildman–Crippen LogP) is 3.73. The maximum absolute atomic E-state index is 12.8. The molecule has 1 fully saturated rings. The van der Waals surface area contributed by atoms with E-state index in [1.165, 1.54) is 6.07 Å². The number of aryl methyl sites for hydroxylation is 1. The zero-order chi connectivity index (χ0) is 21.0. The molecular weight excluding hydrogens is 390 g/mol. The normalized spacial score (nSPS) is 18.7. The van der Waals surface area contributed by atoms with Crippen LogP contribution in [0, 0.1) is 6.92 Å². The van der Waals surface area contributed by atoms with E-state index in [1.54, 1.807) is 33.3 Å². The minimum absolute atomic E-state index is 0.0127. The second-order valence-corrected chi connectivity index (χ2v) is 8.15. The summed E-state index contributed by atoms with van der Waals surface area (Å²) in [4.78, 5) is 24.0. The molecule has 29 heavy (non-hydrogen) atoms. The van der Waals surface area contributed by atoms with Crippen LogP contribution in [-0.2, 0) is 0 Å². The molecule has 7 heteroatoms. The third-order valence-corrected chi connectivity index (χ3v) is 6.35. The lowest BCUT2D eigenvalue weighted by molar-refractivity contribution is 0.0695. The summed E-state index contributed by atoms with van der Waals surface area (Å²) in [6, 6.07) is 10.5. The van der Waals surface area contributed by atoms with E-state index in [-0.39, 0.29) is 23.4 Å². The lowest BCUT2D eigenvalue weighted by atomic mass is 9.90. The molecule has 2 aromatic rings. The Morgan fingerprint density at radius 3 is 2.52 bits per heavy atom. The highest BCUT2D eigenvalue weighted by atomic mass is 32.2. The molecule has 6 nitrogen and oxygen atoms in total. The smallest absolute Gasteiger partial charge is 0.335 e. The van der Waals surface area contributed by atoms with E-state index >= 15 is 0 Å². The number of aromatic carboxylic acids is 1. The van der Waals surface area contributed by atoms with E-state index in [2.05, 4.69) is 5.32 Å². The van der Waals surface area contributed by atoms with Gasteiger partial charge in [0.15, 0.2) is 11.5 Å². The first kappa shape index (κ1) is 21.0. The summed E-state index contributed by atoms with van der Waals surface area (Å²) in [7, 11) is 3.22. The Morgan fingerprint density at radius 1 is 1.10 bits per heavy atom. The average molecular weight is 416 g/mol. The lowest BCUT2D eigenvalue weighted by Gasteiger charge is -2.32. The number of amides is 1. The van der Waals surface area contributed by atoms with Crippen LogP contribution >= 0.6 is 11.8 Å². The van der Waals surface area contributed by atoms with Crippen molar-refractivity contribution in [1.82, 2.24) is 5.32 Å². The minimum Gasteiger partial charge on any atom is -0.493 e. The molecule has 2 N–H and O–H groups in total. The summed E-state index contributed by atoms with van der Waals surface area (Å²) >= 11 is 1.87. The monoisotopic (exact) mass is 415 g/mol. The van der Waals surface area contributed by atoms with Crippen LogP contribution < -0.4 is 14.8 Å². The van der Waals surface area contributed by atoms with E-state index in [1.807, 2.05) is 30.0 Å². The summed E-state index contributed by atoms with van der Waals surface area (Å²) in [5.74, 6) is 2.19. The fourth-order valence-corrected chi connectivity index (χ4v) is 4.89. The standard InChI is InChI=1S/C22H25NO5S/c1-13-10-15(4-6-16(13)22(25)26)21(24)23-18-8-9-29-12-17(18)14-5-7-19(27-2)20(11-14)28-3/h4-7,10-11,17-18H,8-9,12H2,1-3H3,(H,23,24)(H,25,26)/t17-,18-/m1/s1. The van der Waals surface area contributed by atoms with Crippen LogP contribution in [0.3, 0.4) is 0 Å². The van der Waals surface area contributed by atoms with Gasteiger partial charge < -0.3 is 19.9 Å². The van der Waals surface area contributed by atoms with Crippen molar-refractivity contribution in [2.45, 2.75) is 25.3 Å². The zero-order valence-corrected chi connectivity index (χ0v) is 17.5. The number of methoxy groups -OCH3 is 2. The van der Waals surface area contributed by atoms with Crippen LogP contribution in [0.5, 0.6) is 11.5 Å². The summed E-state index contributed by atoms with van der Waals surface area (Å²) < 4.78 is 10.8. The van der Waals surface area contributed by atoms with E-state index < -0.39 is 5.97 Å². The molecule has 1 aliphatic rings. The third kappa shape index (κ3) is 4.67. The number of thioether (sulfide) groups is 1. The Morgan fingerprint density at radius 2 is 1.86 bits per heavy atom. The molecule has 0 radical (unpaired) electrons. The second kappa shape index (κ2) is 9.22. The minimum atomic E-state index is -0.993. The van der Waals surface area contributed by atoms with Crippen molar-refractivity contribution in [2.75, 3.05) is 25.7 Å². The van der Waals surface area contributed by atoms with Gasteiger partial charge >= 0.3 is 5.97 Å². The summed E-state index contributed by atoms with van der Waals surface area (Å²) in [6.07, 6.45) is 0.863. The van der Waals surface area contributed by atoms with Gasteiger partial charge in [0.1, 0.15) is 0 Å². The van der Waals surface area contributed by atoms with Gasteiger partial charge in [-0.3, -0.25) is 4.79 Å². The van der Waals surface area contributed by atoms with Crippen LogP contribution in [0.25, 0.3) is 0 Å². The van der Waals surface area contributed by atoms with Crippen molar-refractivity contribution in [1.29, 1.82) is 0 Å². The van der Waals surface area contributed by atoms with Crippen molar-refractivity contribution in [3.63, 3.8) is 0 Å². The van der Waals surface area contributed by atoms with Gasteiger partial charge in [-0.15, -0.1) is 0 Å². The number of rotatable bonds is 6. The Balaban J connectivity index is 1.81. The van der Waals surface area contributed by atoms with Crippen LogP contribution in [0.2, 0.25) is 0 Å². The molecule has 2 atom stereocenters. The molecule has 0 unspecified atom stereocenters. The van der Waals surface area contributed by atoms with Gasteiger partial charge in [-0.05, 0) is 60.6 Å². The first-order valence-corrected chi connectivity index (χ1v) is 10.5. The van der Waals surface area contributed by atoms with Crippen molar-refractivity contribution in [3.05, 3.63) is 58.7 Å². The molecular formula is C22H25NO5S. The van der Waals surface area contributed by atoms with E-state index in [9.17, 15) is 14.7 Å². The Kier molecular flexibility index (Phi) is 6.69. The molecule has 0 bridgehead atoms. The van der Waals surface area contributed by atoms with Crippen molar-refractivity contribution in [2.24, 2.45) is 0 Å². The number of carboxylic acid groups (broad SMARTS) is 1. The first-order valence-electron chi connectivity index (χ1n) is 9.39. The van der Waals surface area contributed by atoms with Crippen LogP contribution in [0.1, 0.15) is 44.2 Å². The van der Waals surface area contributed by atoms with Gasteiger partial charge in [0.2, 0.25) is 0 Å². The lowest BCUT2D eigenvalue weighted by Crippen LogP contribution is -2.42. The maximum atomic E-state index is 12.8. The molecule has 154 valence electrons. The summed E-state index contributed by atoms with van der Waals surface area (Å²) in [6.45, 7) is 1.70. The van der Waals surface area contributed by atoms with Crippen molar-refractivity contribution in [3.8, 4) is 11.5 Å². The fourth-order valence-electron chi connectivity index (χ4n) is 3.62. The predicted molar refractivity (Wildman–Crippen MR) is 114 cm³/mol. The number of hydrogen-bond acceptors (Lipinski definition) is 5.